The average Bonchev–Trinajstić information content (AvgIpc) is 2.98. The first-order chi connectivity index (χ1) is 12.5. The Labute approximate surface area is 157 Å². The van der Waals surface area contributed by atoms with Gasteiger partial charge in [0.05, 0.1) is 17.6 Å². The van der Waals surface area contributed by atoms with Gasteiger partial charge >= 0.3 is 6.55 Å². The van der Waals surface area contributed by atoms with Crippen LogP contribution in [0.3, 0.4) is 0 Å². The number of benzene rings is 2. The summed E-state index contributed by atoms with van der Waals surface area (Å²) in [6.07, 6.45) is 0. The molecule has 3 aromatic rings. The lowest BCUT2D eigenvalue weighted by Gasteiger charge is -2.18. The number of hydrogen-bond donors (Lipinski definition) is 0. The van der Waals surface area contributed by atoms with Crippen LogP contribution in [0.5, 0.6) is 5.75 Å². The number of aromatic nitrogens is 2. The van der Waals surface area contributed by atoms with Crippen LogP contribution in [0.1, 0.15) is 12.4 Å². The van der Waals surface area contributed by atoms with Gasteiger partial charge < -0.3 is 9.64 Å². The fraction of sp³-hybridized carbons (Fsp3) is 0.222. The summed E-state index contributed by atoms with van der Waals surface area (Å²) in [5.41, 5.74) is 0.805. The van der Waals surface area contributed by atoms with Gasteiger partial charge in [0, 0.05) is 11.5 Å². The van der Waals surface area contributed by atoms with E-state index in [1.165, 1.54) is 11.9 Å². The fourth-order valence-electron chi connectivity index (χ4n) is 2.51. The maximum atomic E-state index is 13.4. The summed E-state index contributed by atoms with van der Waals surface area (Å²) in [7, 11) is 1.53. The van der Waals surface area contributed by atoms with E-state index in [-0.39, 0.29) is 24.9 Å². The summed E-state index contributed by atoms with van der Waals surface area (Å²) in [5, 5.41) is 0. The maximum Gasteiger partial charge on any atom is 0.320 e. The number of alkyl halides is 2. The molecule has 2 aromatic carbocycles. The minimum Gasteiger partial charge on any atom is -0.484 e. The first kappa shape index (κ1) is 18.3. The van der Waals surface area contributed by atoms with Crippen LogP contribution in [0.2, 0.25) is 0 Å². The Hall–Kier alpha value is -2.48. The van der Waals surface area contributed by atoms with Gasteiger partial charge in [0.1, 0.15) is 11.6 Å². The van der Waals surface area contributed by atoms with Crippen molar-refractivity contribution >= 4 is 32.9 Å². The molecule has 26 heavy (non-hydrogen) atoms. The van der Waals surface area contributed by atoms with E-state index in [1.807, 2.05) is 0 Å². The van der Waals surface area contributed by atoms with Crippen LogP contribution in [0.25, 0.3) is 11.0 Å². The largest absolute Gasteiger partial charge is 0.484 e. The minimum absolute atomic E-state index is 0.0401. The van der Waals surface area contributed by atoms with Crippen LogP contribution in [-0.4, -0.2) is 34.0 Å². The van der Waals surface area contributed by atoms with Crippen molar-refractivity contribution in [1.82, 2.24) is 14.5 Å². The van der Waals surface area contributed by atoms with E-state index in [0.29, 0.717) is 16.8 Å². The van der Waals surface area contributed by atoms with E-state index in [9.17, 15) is 13.6 Å². The molecule has 8 heteroatoms. The second-order valence-electron chi connectivity index (χ2n) is 5.66. The number of rotatable bonds is 6. The van der Waals surface area contributed by atoms with Crippen molar-refractivity contribution in [3.05, 3.63) is 58.8 Å². The Morgan fingerprint density at radius 3 is 2.62 bits per heavy atom. The van der Waals surface area contributed by atoms with E-state index in [1.54, 1.807) is 48.5 Å². The van der Waals surface area contributed by atoms with Gasteiger partial charge in [0.2, 0.25) is 0 Å². The number of carbonyl (C=O) groups is 1. The quantitative estimate of drug-likeness (QED) is 0.595. The van der Waals surface area contributed by atoms with Crippen LogP contribution in [0, 0.1) is 0 Å². The van der Waals surface area contributed by atoms with Gasteiger partial charge in [-0.2, -0.15) is 8.78 Å². The molecule has 0 bridgehead atoms. The third kappa shape index (κ3) is 4.01. The normalized spacial score (nSPS) is 11.1. The molecular formula is C18H16BrF2N3O2. The molecule has 0 aliphatic carbocycles. The number of imidazole rings is 1. The summed E-state index contributed by atoms with van der Waals surface area (Å²) in [4.78, 5) is 17.8. The number of likely N-dealkylation sites (N-methyl/N-ethyl adjacent to an activating group) is 1. The van der Waals surface area contributed by atoms with Crippen LogP contribution in [0.15, 0.2) is 53.0 Å². The topological polar surface area (TPSA) is 47.4 Å². The van der Waals surface area contributed by atoms with Crippen LogP contribution < -0.4 is 4.74 Å². The molecule has 0 saturated carbocycles. The molecule has 5 nitrogen and oxygen atoms in total. The Morgan fingerprint density at radius 2 is 1.92 bits per heavy atom. The van der Waals surface area contributed by atoms with Crippen LogP contribution in [0.4, 0.5) is 8.78 Å². The monoisotopic (exact) mass is 423 g/mol. The first-order valence-electron chi connectivity index (χ1n) is 7.82. The second kappa shape index (κ2) is 7.82. The maximum absolute atomic E-state index is 13.4. The molecule has 0 atom stereocenters. The lowest BCUT2D eigenvalue weighted by Crippen LogP contribution is -2.32. The Morgan fingerprint density at radius 1 is 1.23 bits per heavy atom. The molecule has 0 N–H and O–H groups in total. The number of amides is 1. The number of nitrogens with zero attached hydrogens (tertiary/aromatic N) is 3. The predicted molar refractivity (Wildman–Crippen MR) is 97.1 cm³/mol. The summed E-state index contributed by atoms with van der Waals surface area (Å²) < 4.78 is 34.0. The summed E-state index contributed by atoms with van der Waals surface area (Å²) in [6.45, 7) is -2.96. The highest BCUT2D eigenvalue weighted by Crippen LogP contribution is 2.23. The fourth-order valence-corrected chi connectivity index (χ4v) is 2.77. The van der Waals surface area contributed by atoms with Crippen LogP contribution >= 0.6 is 15.9 Å². The molecule has 0 aliphatic rings. The molecule has 3 rings (SSSR count). The molecule has 0 fully saturated rings. The average molecular weight is 424 g/mol. The van der Waals surface area contributed by atoms with Crippen molar-refractivity contribution < 1.29 is 18.3 Å². The lowest BCUT2D eigenvalue weighted by molar-refractivity contribution is -0.132. The zero-order chi connectivity index (χ0) is 18.7. The predicted octanol–water partition coefficient (Wildman–Crippen LogP) is 4.23. The lowest BCUT2D eigenvalue weighted by atomic mass is 10.3. The molecule has 1 heterocycles. The summed E-state index contributed by atoms with van der Waals surface area (Å²) in [6, 6.07) is 13.7. The zero-order valence-electron chi connectivity index (χ0n) is 13.9. The number of halogens is 3. The van der Waals surface area contributed by atoms with E-state index in [4.69, 9.17) is 4.74 Å². The van der Waals surface area contributed by atoms with Gasteiger partial charge in [-0.1, -0.05) is 28.1 Å². The Bertz CT molecular complexity index is 912. The van der Waals surface area contributed by atoms with Crippen molar-refractivity contribution in [3.63, 3.8) is 0 Å². The zero-order valence-corrected chi connectivity index (χ0v) is 15.5. The summed E-state index contributed by atoms with van der Waals surface area (Å²) in [5.74, 6) is 0.344. The van der Waals surface area contributed by atoms with Crippen LogP contribution in [-0.2, 0) is 11.3 Å². The Kier molecular flexibility index (Phi) is 5.51. The molecule has 0 aliphatic heterocycles. The molecule has 0 spiro atoms. The first-order valence-corrected chi connectivity index (χ1v) is 8.61. The third-order valence-electron chi connectivity index (χ3n) is 3.84. The summed E-state index contributed by atoms with van der Waals surface area (Å²) >= 11 is 3.32. The molecule has 1 aromatic heterocycles. The number of hydrogen-bond acceptors (Lipinski definition) is 3. The third-order valence-corrected chi connectivity index (χ3v) is 4.37. The molecular weight excluding hydrogens is 408 g/mol. The number of fused-ring (bicyclic) bond motifs is 1. The van der Waals surface area contributed by atoms with Gasteiger partial charge in [0.15, 0.2) is 6.61 Å². The standard InChI is InChI=1S/C18H16BrF2N3O2/c1-23(17(25)11-26-13-8-6-12(19)7-9-13)10-16-22-14-4-2-3-5-15(14)24(16)18(20)21/h2-9,18H,10-11H2,1H3. The van der Waals surface area contributed by atoms with E-state index in [0.717, 1.165) is 9.04 Å². The highest BCUT2D eigenvalue weighted by atomic mass is 79.9. The van der Waals surface area contributed by atoms with Gasteiger partial charge in [0.25, 0.3) is 5.91 Å². The molecule has 0 radical (unpaired) electrons. The molecule has 1 amide bonds. The van der Waals surface area contributed by atoms with E-state index >= 15 is 0 Å². The highest BCUT2D eigenvalue weighted by Gasteiger charge is 2.20. The van der Waals surface area contributed by atoms with Crippen molar-refractivity contribution in [2.45, 2.75) is 13.1 Å². The number of para-hydroxylation sites is 2. The van der Waals surface area contributed by atoms with Crippen molar-refractivity contribution in [3.8, 4) is 5.75 Å². The van der Waals surface area contributed by atoms with Gasteiger partial charge in [-0.25, -0.2) is 4.98 Å². The van der Waals surface area contributed by atoms with Gasteiger partial charge in [-0.05, 0) is 36.4 Å². The van der Waals surface area contributed by atoms with Crippen molar-refractivity contribution in [2.75, 3.05) is 13.7 Å². The number of carbonyl (C=O) groups excluding carboxylic acids is 1. The smallest absolute Gasteiger partial charge is 0.320 e. The molecule has 0 saturated heterocycles. The van der Waals surface area contributed by atoms with E-state index in [2.05, 4.69) is 20.9 Å². The Balaban J connectivity index is 1.70. The second-order valence-corrected chi connectivity index (χ2v) is 6.57. The van der Waals surface area contributed by atoms with Crippen molar-refractivity contribution in [1.29, 1.82) is 0 Å². The van der Waals surface area contributed by atoms with Gasteiger partial charge in [-0.3, -0.25) is 9.36 Å². The number of ether oxygens (including phenoxy) is 1. The van der Waals surface area contributed by atoms with Gasteiger partial charge in [-0.15, -0.1) is 0 Å². The van der Waals surface area contributed by atoms with Crippen molar-refractivity contribution in [2.24, 2.45) is 0 Å². The molecule has 136 valence electrons. The van der Waals surface area contributed by atoms with E-state index < -0.39 is 6.55 Å². The molecule has 0 unspecified atom stereocenters. The SMILES string of the molecule is CN(Cc1nc2ccccc2n1C(F)F)C(=O)COc1ccc(Br)cc1. The highest BCUT2D eigenvalue weighted by molar-refractivity contribution is 9.10. The minimum atomic E-state index is -2.74.